The summed E-state index contributed by atoms with van der Waals surface area (Å²) in [6.45, 7) is 3.85. The Labute approximate surface area is 95.0 Å². The Hall–Kier alpha value is -1.55. The zero-order valence-electron chi connectivity index (χ0n) is 9.56. The van der Waals surface area contributed by atoms with E-state index in [2.05, 4.69) is 0 Å². The highest BCUT2D eigenvalue weighted by molar-refractivity contribution is 5.73. The molecule has 0 saturated carbocycles. The first kappa shape index (κ1) is 12.5. The largest absolute Gasteiger partial charge is 0.493 e. The molecule has 16 heavy (non-hydrogen) atoms. The standard InChI is InChI=1S/C12H17NO3/c1-8-3-4-11(10(7-8)9(2)14)16-6-5-12(13)15/h3-4,7,9,14H,5-6H2,1-2H3,(H2,13,15). The van der Waals surface area contributed by atoms with Crippen molar-refractivity contribution in [1.82, 2.24) is 0 Å². The third-order valence-corrected chi connectivity index (χ3v) is 2.22. The molecule has 0 radical (unpaired) electrons. The smallest absolute Gasteiger partial charge is 0.220 e. The van der Waals surface area contributed by atoms with Gasteiger partial charge in [-0.05, 0) is 26.0 Å². The second-order valence-electron chi connectivity index (χ2n) is 3.78. The summed E-state index contributed by atoms with van der Waals surface area (Å²) in [6, 6.07) is 5.55. The summed E-state index contributed by atoms with van der Waals surface area (Å²) in [5.41, 5.74) is 6.79. The van der Waals surface area contributed by atoms with Gasteiger partial charge in [0.1, 0.15) is 5.75 Å². The summed E-state index contributed by atoms with van der Waals surface area (Å²) in [4.78, 5) is 10.6. The van der Waals surface area contributed by atoms with Crippen LogP contribution in [-0.2, 0) is 4.79 Å². The molecule has 1 aromatic carbocycles. The van der Waals surface area contributed by atoms with Gasteiger partial charge in [0.25, 0.3) is 0 Å². The molecule has 4 heteroatoms. The highest BCUT2D eigenvalue weighted by Crippen LogP contribution is 2.26. The molecule has 0 aromatic heterocycles. The molecule has 0 fully saturated rings. The van der Waals surface area contributed by atoms with Crippen molar-refractivity contribution in [3.63, 3.8) is 0 Å². The Morgan fingerprint density at radius 3 is 2.81 bits per heavy atom. The van der Waals surface area contributed by atoms with Crippen molar-refractivity contribution in [2.75, 3.05) is 6.61 Å². The van der Waals surface area contributed by atoms with Crippen LogP contribution in [-0.4, -0.2) is 17.6 Å². The van der Waals surface area contributed by atoms with Gasteiger partial charge in [0.05, 0.1) is 19.1 Å². The predicted octanol–water partition coefficient (Wildman–Crippen LogP) is 1.30. The van der Waals surface area contributed by atoms with E-state index >= 15 is 0 Å². The third kappa shape index (κ3) is 3.55. The molecule has 0 aliphatic heterocycles. The number of carbonyl (C=O) groups excluding carboxylic acids is 1. The Kier molecular flexibility index (Phi) is 4.31. The van der Waals surface area contributed by atoms with Gasteiger partial charge in [-0.3, -0.25) is 4.79 Å². The molecule has 1 aromatic rings. The molecule has 4 nitrogen and oxygen atoms in total. The number of ether oxygens (including phenoxy) is 1. The number of amides is 1. The van der Waals surface area contributed by atoms with E-state index in [0.29, 0.717) is 5.75 Å². The number of aliphatic hydroxyl groups is 1. The molecule has 3 N–H and O–H groups in total. The molecule has 1 amide bonds. The number of rotatable bonds is 5. The molecule has 0 heterocycles. The number of aliphatic hydroxyl groups excluding tert-OH is 1. The van der Waals surface area contributed by atoms with Gasteiger partial charge in [0, 0.05) is 5.56 Å². The monoisotopic (exact) mass is 223 g/mol. The van der Waals surface area contributed by atoms with Crippen molar-refractivity contribution in [3.8, 4) is 5.75 Å². The number of primary amides is 1. The molecule has 0 spiro atoms. The molecular weight excluding hydrogens is 206 g/mol. The summed E-state index contributed by atoms with van der Waals surface area (Å²) in [5, 5.41) is 9.57. The first-order valence-corrected chi connectivity index (χ1v) is 5.20. The highest BCUT2D eigenvalue weighted by Gasteiger charge is 2.09. The van der Waals surface area contributed by atoms with Crippen molar-refractivity contribution in [1.29, 1.82) is 0 Å². The molecule has 88 valence electrons. The molecule has 0 aliphatic rings. The Bertz CT molecular complexity index is 375. The zero-order valence-corrected chi connectivity index (χ0v) is 9.56. The Morgan fingerprint density at radius 2 is 2.25 bits per heavy atom. The average Bonchev–Trinajstić information content (AvgIpc) is 2.19. The van der Waals surface area contributed by atoms with Gasteiger partial charge in [-0.15, -0.1) is 0 Å². The maximum absolute atomic E-state index is 10.6. The molecule has 0 aliphatic carbocycles. The van der Waals surface area contributed by atoms with Crippen LogP contribution in [0.4, 0.5) is 0 Å². The van der Waals surface area contributed by atoms with Crippen molar-refractivity contribution < 1.29 is 14.6 Å². The van der Waals surface area contributed by atoms with E-state index in [4.69, 9.17) is 10.5 Å². The maximum atomic E-state index is 10.6. The fourth-order valence-corrected chi connectivity index (χ4v) is 1.39. The van der Waals surface area contributed by atoms with Crippen LogP contribution in [0.2, 0.25) is 0 Å². The molecule has 1 unspecified atom stereocenters. The minimum absolute atomic E-state index is 0.174. The first-order valence-electron chi connectivity index (χ1n) is 5.20. The van der Waals surface area contributed by atoms with E-state index in [1.54, 1.807) is 13.0 Å². The summed E-state index contributed by atoms with van der Waals surface area (Å²) in [7, 11) is 0. The van der Waals surface area contributed by atoms with Gasteiger partial charge < -0.3 is 15.6 Å². The lowest BCUT2D eigenvalue weighted by Crippen LogP contribution is -2.15. The predicted molar refractivity (Wildman–Crippen MR) is 61.1 cm³/mol. The van der Waals surface area contributed by atoms with Crippen LogP contribution in [0.3, 0.4) is 0 Å². The quantitative estimate of drug-likeness (QED) is 0.790. The van der Waals surface area contributed by atoms with E-state index in [1.165, 1.54) is 0 Å². The van der Waals surface area contributed by atoms with Crippen molar-refractivity contribution >= 4 is 5.91 Å². The van der Waals surface area contributed by atoms with Crippen LogP contribution in [0.5, 0.6) is 5.75 Å². The summed E-state index contributed by atoms with van der Waals surface area (Å²) in [6.07, 6.45) is -0.420. The normalized spacial score (nSPS) is 12.2. The van der Waals surface area contributed by atoms with Crippen LogP contribution >= 0.6 is 0 Å². The molecule has 1 atom stereocenters. The zero-order chi connectivity index (χ0) is 12.1. The van der Waals surface area contributed by atoms with Gasteiger partial charge in [-0.1, -0.05) is 11.6 Å². The molecule has 0 bridgehead atoms. The number of hydrogen-bond donors (Lipinski definition) is 2. The summed E-state index contributed by atoms with van der Waals surface area (Å²) < 4.78 is 5.40. The number of benzene rings is 1. The molecule has 1 rings (SSSR count). The van der Waals surface area contributed by atoms with Gasteiger partial charge >= 0.3 is 0 Å². The fraction of sp³-hybridized carbons (Fsp3) is 0.417. The lowest BCUT2D eigenvalue weighted by atomic mass is 10.1. The minimum Gasteiger partial charge on any atom is -0.493 e. The van der Waals surface area contributed by atoms with Crippen LogP contribution in [0.15, 0.2) is 18.2 Å². The summed E-state index contributed by atoms with van der Waals surface area (Å²) in [5.74, 6) is 0.201. The highest BCUT2D eigenvalue weighted by atomic mass is 16.5. The second kappa shape index (κ2) is 5.51. The van der Waals surface area contributed by atoms with Crippen molar-refractivity contribution in [2.24, 2.45) is 5.73 Å². The maximum Gasteiger partial charge on any atom is 0.220 e. The van der Waals surface area contributed by atoms with E-state index in [1.807, 2.05) is 19.1 Å². The van der Waals surface area contributed by atoms with Gasteiger partial charge in [0.15, 0.2) is 0 Å². The van der Waals surface area contributed by atoms with Gasteiger partial charge in [-0.25, -0.2) is 0 Å². The van der Waals surface area contributed by atoms with Crippen molar-refractivity contribution in [3.05, 3.63) is 29.3 Å². The lowest BCUT2D eigenvalue weighted by molar-refractivity contribution is -0.118. The van der Waals surface area contributed by atoms with Crippen LogP contribution < -0.4 is 10.5 Å². The van der Waals surface area contributed by atoms with Crippen molar-refractivity contribution in [2.45, 2.75) is 26.4 Å². The van der Waals surface area contributed by atoms with E-state index in [0.717, 1.165) is 11.1 Å². The fourth-order valence-electron chi connectivity index (χ4n) is 1.39. The Morgan fingerprint density at radius 1 is 1.56 bits per heavy atom. The first-order chi connectivity index (χ1) is 7.50. The van der Waals surface area contributed by atoms with Crippen LogP contribution in [0.1, 0.15) is 30.6 Å². The summed E-state index contributed by atoms with van der Waals surface area (Å²) >= 11 is 0. The lowest BCUT2D eigenvalue weighted by Gasteiger charge is -2.13. The number of nitrogens with two attached hydrogens (primary N) is 1. The van der Waals surface area contributed by atoms with E-state index in [-0.39, 0.29) is 13.0 Å². The van der Waals surface area contributed by atoms with E-state index < -0.39 is 12.0 Å². The van der Waals surface area contributed by atoms with E-state index in [9.17, 15) is 9.90 Å². The minimum atomic E-state index is -0.594. The third-order valence-electron chi connectivity index (χ3n) is 2.22. The van der Waals surface area contributed by atoms with Gasteiger partial charge in [0.2, 0.25) is 5.91 Å². The number of aryl methyl sites for hydroxylation is 1. The molecule has 0 saturated heterocycles. The number of hydrogen-bond acceptors (Lipinski definition) is 3. The molecular formula is C12H17NO3. The Balaban J connectivity index is 2.74. The number of carbonyl (C=O) groups is 1. The SMILES string of the molecule is Cc1ccc(OCCC(N)=O)c(C(C)O)c1. The van der Waals surface area contributed by atoms with Crippen LogP contribution in [0, 0.1) is 6.92 Å². The average molecular weight is 223 g/mol. The topological polar surface area (TPSA) is 72.5 Å². The van der Waals surface area contributed by atoms with Crippen LogP contribution in [0.25, 0.3) is 0 Å². The second-order valence-corrected chi connectivity index (χ2v) is 3.78. The van der Waals surface area contributed by atoms with Gasteiger partial charge in [-0.2, -0.15) is 0 Å².